The van der Waals surface area contributed by atoms with Crippen molar-refractivity contribution in [1.82, 2.24) is 0 Å². The fourth-order valence-corrected chi connectivity index (χ4v) is 9.10. The minimum absolute atomic E-state index is 0.0540. The van der Waals surface area contributed by atoms with Crippen molar-refractivity contribution in [2.45, 2.75) is 104 Å². The van der Waals surface area contributed by atoms with Crippen LogP contribution < -0.4 is 11.5 Å². The van der Waals surface area contributed by atoms with E-state index in [0.717, 1.165) is 48.9 Å². The Morgan fingerprint density at radius 2 is 1.78 bits per heavy atom. The molecule has 36 heavy (non-hydrogen) atoms. The largest absolute Gasteiger partial charge is 0.458 e. The van der Waals surface area contributed by atoms with E-state index in [1.54, 1.807) is 23.8 Å². The van der Waals surface area contributed by atoms with E-state index in [9.17, 15) is 4.79 Å². The van der Waals surface area contributed by atoms with E-state index in [1.807, 2.05) is 0 Å². The molecule has 5 rings (SSSR count). The van der Waals surface area contributed by atoms with Gasteiger partial charge in [-0.3, -0.25) is 0 Å². The summed E-state index contributed by atoms with van der Waals surface area (Å²) in [5.74, 6) is 3.96. The lowest BCUT2D eigenvalue weighted by molar-refractivity contribution is -0.0536. The topological polar surface area (TPSA) is 78.3 Å². The number of esters is 1. The van der Waals surface area contributed by atoms with Crippen molar-refractivity contribution in [2.75, 3.05) is 11.5 Å². The predicted molar refractivity (Wildman–Crippen MR) is 148 cm³/mol. The van der Waals surface area contributed by atoms with E-state index in [2.05, 4.69) is 33.8 Å². The quantitative estimate of drug-likeness (QED) is 0.241. The number of nitrogen functional groups attached to an aromatic ring is 2. The van der Waals surface area contributed by atoms with Gasteiger partial charge < -0.3 is 16.2 Å². The summed E-state index contributed by atoms with van der Waals surface area (Å²) in [5.41, 5.74) is 15.6. The van der Waals surface area contributed by atoms with E-state index in [4.69, 9.17) is 16.2 Å². The second-order valence-electron chi connectivity index (χ2n) is 13.6. The molecule has 0 radical (unpaired) electrons. The molecule has 0 heterocycles. The monoisotopic (exact) mass is 492 g/mol. The van der Waals surface area contributed by atoms with Crippen molar-refractivity contribution in [1.29, 1.82) is 0 Å². The van der Waals surface area contributed by atoms with Gasteiger partial charge in [-0.05, 0) is 110 Å². The smallest absolute Gasteiger partial charge is 0.338 e. The third-order valence-corrected chi connectivity index (χ3v) is 11.1. The zero-order chi connectivity index (χ0) is 25.7. The van der Waals surface area contributed by atoms with Gasteiger partial charge in [0.1, 0.15) is 6.10 Å². The Balaban J connectivity index is 1.26. The second-order valence-corrected chi connectivity index (χ2v) is 13.6. The first-order valence-electron chi connectivity index (χ1n) is 14.7. The highest BCUT2D eigenvalue weighted by Gasteiger charge is 2.58. The Labute approximate surface area is 218 Å². The molecular formula is C32H48N2O2. The highest BCUT2D eigenvalue weighted by Crippen LogP contribution is 2.66. The molecule has 1 aromatic rings. The van der Waals surface area contributed by atoms with Gasteiger partial charge in [0.05, 0.1) is 5.56 Å². The number of nitrogens with two attached hydrogens (primary N) is 2. The van der Waals surface area contributed by atoms with Crippen LogP contribution in [0.25, 0.3) is 0 Å². The van der Waals surface area contributed by atoms with Crippen LogP contribution in [0, 0.1) is 40.4 Å². The van der Waals surface area contributed by atoms with Crippen LogP contribution >= 0.6 is 0 Å². The van der Waals surface area contributed by atoms with Crippen molar-refractivity contribution in [2.24, 2.45) is 40.4 Å². The van der Waals surface area contributed by atoms with Crippen molar-refractivity contribution >= 4 is 17.3 Å². The lowest BCUT2D eigenvalue weighted by Gasteiger charge is -2.58. The molecule has 0 saturated heterocycles. The molecule has 3 saturated carbocycles. The fraction of sp³-hybridized carbons (Fsp3) is 0.719. The SMILES string of the molecule is CC(C)CCCC1CC[C@H]2[C@@H]3CC=C4C[C@@H](OC(=O)c5cc(N)cc(N)c5)CC[C@]4(C)[C@H]3CC[C@]12C. The van der Waals surface area contributed by atoms with E-state index in [0.29, 0.717) is 22.4 Å². The minimum Gasteiger partial charge on any atom is -0.458 e. The molecule has 0 amide bonds. The molecule has 4 nitrogen and oxygen atoms in total. The summed E-state index contributed by atoms with van der Waals surface area (Å²) in [7, 11) is 0. The number of rotatable bonds is 6. The summed E-state index contributed by atoms with van der Waals surface area (Å²) in [4.78, 5) is 12.8. The normalized spacial score (nSPS) is 37.6. The van der Waals surface area contributed by atoms with Crippen LogP contribution in [0.5, 0.6) is 0 Å². The van der Waals surface area contributed by atoms with E-state index in [1.165, 1.54) is 51.4 Å². The molecule has 7 atom stereocenters. The molecule has 4 N–H and O–H groups in total. The average Bonchev–Trinajstić information content (AvgIpc) is 3.15. The fourth-order valence-electron chi connectivity index (χ4n) is 9.10. The summed E-state index contributed by atoms with van der Waals surface area (Å²) in [5, 5.41) is 0. The highest BCUT2D eigenvalue weighted by molar-refractivity contribution is 5.91. The Morgan fingerprint density at radius 3 is 2.50 bits per heavy atom. The maximum Gasteiger partial charge on any atom is 0.338 e. The third kappa shape index (κ3) is 4.58. The van der Waals surface area contributed by atoms with Gasteiger partial charge in [0.2, 0.25) is 0 Å². The number of carbonyl (C=O) groups excluding carboxylic acids is 1. The molecule has 0 spiro atoms. The van der Waals surface area contributed by atoms with Crippen LogP contribution in [-0.2, 0) is 4.74 Å². The number of anilines is 2. The molecule has 0 aromatic heterocycles. The standard InChI is InChI=1S/C32H48N2O2/c1-20(2)6-5-7-22-9-11-28-27-10-8-23-18-26(36-30(35)21-16-24(33)19-25(34)17-21)12-14-32(23,4)29(27)13-15-31(22,28)3/h8,16-17,19-20,22,26-29H,5-7,9-15,18,33-34H2,1-4H3/t22?,26-,27-,28-,29-,31+,32-/m0/s1. The minimum atomic E-state index is -0.306. The number of hydrogen-bond acceptors (Lipinski definition) is 4. The van der Waals surface area contributed by atoms with Crippen LogP contribution in [0.4, 0.5) is 11.4 Å². The number of hydrogen-bond donors (Lipinski definition) is 2. The molecule has 1 unspecified atom stereocenters. The van der Waals surface area contributed by atoms with Crippen molar-refractivity contribution < 1.29 is 9.53 Å². The Kier molecular flexibility index (Phi) is 6.93. The van der Waals surface area contributed by atoms with Crippen LogP contribution in [-0.4, -0.2) is 12.1 Å². The van der Waals surface area contributed by atoms with Gasteiger partial charge in [-0.1, -0.05) is 52.2 Å². The molecule has 198 valence electrons. The highest BCUT2D eigenvalue weighted by atomic mass is 16.5. The van der Waals surface area contributed by atoms with Crippen LogP contribution in [0.2, 0.25) is 0 Å². The Hall–Kier alpha value is -1.97. The average molecular weight is 493 g/mol. The van der Waals surface area contributed by atoms with E-state index >= 15 is 0 Å². The molecule has 0 bridgehead atoms. The summed E-state index contributed by atoms with van der Waals surface area (Å²) in [6, 6.07) is 4.99. The molecule has 4 heteroatoms. The number of fused-ring (bicyclic) bond motifs is 5. The summed E-state index contributed by atoms with van der Waals surface area (Å²) in [6.45, 7) is 9.91. The maximum atomic E-state index is 12.8. The van der Waals surface area contributed by atoms with E-state index in [-0.39, 0.29) is 17.5 Å². The van der Waals surface area contributed by atoms with Gasteiger partial charge in [0, 0.05) is 17.8 Å². The van der Waals surface area contributed by atoms with Crippen LogP contribution in [0.1, 0.15) is 109 Å². The first kappa shape index (κ1) is 25.7. The van der Waals surface area contributed by atoms with Gasteiger partial charge >= 0.3 is 5.97 Å². The second kappa shape index (κ2) is 9.72. The first-order valence-corrected chi connectivity index (χ1v) is 14.7. The number of allylic oxidation sites excluding steroid dienone is 1. The molecule has 1 aromatic carbocycles. The van der Waals surface area contributed by atoms with Crippen LogP contribution in [0.15, 0.2) is 29.8 Å². The van der Waals surface area contributed by atoms with Crippen LogP contribution in [0.3, 0.4) is 0 Å². The van der Waals surface area contributed by atoms with Gasteiger partial charge in [-0.25, -0.2) is 4.79 Å². The van der Waals surface area contributed by atoms with E-state index < -0.39 is 0 Å². The summed E-state index contributed by atoms with van der Waals surface area (Å²) in [6.07, 6.45) is 16.6. The predicted octanol–water partition coefficient (Wildman–Crippen LogP) is 7.78. The molecule has 4 aliphatic rings. The number of carbonyl (C=O) groups is 1. The summed E-state index contributed by atoms with van der Waals surface area (Å²) < 4.78 is 5.98. The van der Waals surface area contributed by atoms with Gasteiger partial charge in [0.25, 0.3) is 0 Å². The Morgan fingerprint density at radius 1 is 1.03 bits per heavy atom. The van der Waals surface area contributed by atoms with Crippen molar-refractivity contribution in [3.63, 3.8) is 0 Å². The zero-order valence-corrected chi connectivity index (χ0v) is 23.0. The lowest BCUT2D eigenvalue weighted by atomic mass is 9.47. The molecule has 3 fully saturated rings. The zero-order valence-electron chi connectivity index (χ0n) is 23.0. The van der Waals surface area contributed by atoms with Gasteiger partial charge in [-0.2, -0.15) is 0 Å². The molecule has 4 aliphatic carbocycles. The first-order chi connectivity index (χ1) is 17.1. The number of ether oxygens (including phenoxy) is 1. The third-order valence-electron chi connectivity index (χ3n) is 11.1. The van der Waals surface area contributed by atoms with Crippen molar-refractivity contribution in [3.05, 3.63) is 35.4 Å². The summed E-state index contributed by atoms with van der Waals surface area (Å²) >= 11 is 0. The maximum absolute atomic E-state index is 12.8. The lowest BCUT2D eigenvalue weighted by Crippen LogP contribution is -2.50. The Bertz CT molecular complexity index is 995. The number of benzene rings is 1. The molecule has 0 aliphatic heterocycles. The van der Waals surface area contributed by atoms with Gasteiger partial charge in [-0.15, -0.1) is 0 Å². The van der Waals surface area contributed by atoms with Crippen molar-refractivity contribution in [3.8, 4) is 0 Å². The van der Waals surface area contributed by atoms with Gasteiger partial charge in [0.15, 0.2) is 0 Å². The molecular weight excluding hydrogens is 444 g/mol.